The van der Waals surface area contributed by atoms with Crippen molar-refractivity contribution in [3.05, 3.63) is 101 Å². The van der Waals surface area contributed by atoms with Crippen molar-refractivity contribution in [3.8, 4) is 0 Å². The summed E-state index contributed by atoms with van der Waals surface area (Å²) < 4.78 is 42.4. The number of aryl methyl sites for hydroxylation is 1. The monoisotopic (exact) mass is 494 g/mol. The van der Waals surface area contributed by atoms with E-state index in [4.69, 9.17) is 0 Å². The maximum Gasteiger partial charge on any atom is 0.243 e. The van der Waals surface area contributed by atoms with Crippen LogP contribution in [-0.4, -0.2) is 43.2 Å². The van der Waals surface area contributed by atoms with Crippen LogP contribution < -0.4 is 0 Å². The van der Waals surface area contributed by atoms with E-state index in [1.807, 2.05) is 25.1 Å². The van der Waals surface area contributed by atoms with E-state index in [0.717, 1.165) is 29.1 Å². The second-order valence-electron chi connectivity index (χ2n) is 9.19. The molecular formula is C28H31FN2O3S. The van der Waals surface area contributed by atoms with Crippen LogP contribution >= 0.6 is 0 Å². The van der Waals surface area contributed by atoms with Gasteiger partial charge in [0.25, 0.3) is 0 Å². The Morgan fingerprint density at radius 3 is 2.23 bits per heavy atom. The number of carbonyl (C=O) groups is 1. The third-order valence-electron chi connectivity index (χ3n) is 6.61. The summed E-state index contributed by atoms with van der Waals surface area (Å²) in [7, 11) is -4.00. The Morgan fingerprint density at radius 1 is 0.943 bits per heavy atom. The number of likely N-dealkylation sites (tertiary alicyclic amines) is 1. The Morgan fingerprint density at radius 2 is 1.57 bits per heavy atom. The Bertz CT molecular complexity index is 1240. The molecule has 0 N–H and O–H groups in total. The van der Waals surface area contributed by atoms with E-state index in [0.29, 0.717) is 19.0 Å². The number of piperidine rings is 1. The van der Waals surface area contributed by atoms with E-state index in [1.165, 1.54) is 23.8 Å². The smallest absolute Gasteiger partial charge is 0.243 e. The summed E-state index contributed by atoms with van der Waals surface area (Å²) in [6, 6.07) is 22.9. The first-order chi connectivity index (χ1) is 16.8. The predicted octanol–water partition coefficient (Wildman–Crippen LogP) is 4.81. The Labute approximate surface area is 207 Å². The summed E-state index contributed by atoms with van der Waals surface area (Å²) in [4.78, 5) is 15.0. The van der Waals surface area contributed by atoms with Gasteiger partial charge in [-0.1, -0.05) is 66.2 Å². The van der Waals surface area contributed by atoms with Crippen LogP contribution in [0.1, 0.15) is 29.5 Å². The predicted molar refractivity (Wildman–Crippen MR) is 135 cm³/mol. The molecule has 0 atom stereocenters. The van der Waals surface area contributed by atoms with Gasteiger partial charge in [0, 0.05) is 25.2 Å². The zero-order chi connectivity index (χ0) is 24.8. The molecular weight excluding hydrogens is 463 g/mol. The normalized spacial score (nSPS) is 14.9. The van der Waals surface area contributed by atoms with E-state index < -0.39 is 15.8 Å². The van der Waals surface area contributed by atoms with E-state index in [1.54, 1.807) is 35.2 Å². The molecule has 1 amide bonds. The summed E-state index contributed by atoms with van der Waals surface area (Å²) in [6.07, 6.45) is 2.72. The number of sulfonamides is 1. The standard InChI is InChI=1S/C28H31FN2O3S/c1-22-11-13-26(14-12-22)35(33,34)31(20-25-9-5-6-10-27(25)29)21-28(32)30-17-15-24(16-18-30)19-23-7-3-2-4-8-23/h2-14,24H,15-21H2,1H3. The minimum atomic E-state index is -4.00. The minimum absolute atomic E-state index is 0.0915. The van der Waals surface area contributed by atoms with Gasteiger partial charge in [-0.25, -0.2) is 12.8 Å². The van der Waals surface area contributed by atoms with Crippen molar-refractivity contribution in [3.63, 3.8) is 0 Å². The molecule has 1 heterocycles. The van der Waals surface area contributed by atoms with Crippen molar-refractivity contribution in [1.82, 2.24) is 9.21 Å². The van der Waals surface area contributed by atoms with Gasteiger partial charge in [0.1, 0.15) is 5.82 Å². The molecule has 3 aromatic carbocycles. The van der Waals surface area contributed by atoms with E-state index in [-0.39, 0.29) is 29.5 Å². The first-order valence-electron chi connectivity index (χ1n) is 11.9. The number of halogens is 1. The number of nitrogens with zero attached hydrogens (tertiary/aromatic N) is 2. The molecule has 3 aromatic rings. The third kappa shape index (κ3) is 6.35. The molecule has 0 radical (unpaired) electrons. The molecule has 0 aromatic heterocycles. The highest BCUT2D eigenvalue weighted by molar-refractivity contribution is 7.89. The topological polar surface area (TPSA) is 57.7 Å². The fourth-order valence-electron chi connectivity index (χ4n) is 4.49. The molecule has 1 fully saturated rings. The van der Waals surface area contributed by atoms with Crippen molar-refractivity contribution < 1.29 is 17.6 Å². The molecule has 4 rings (SSSR count). The van der Waals surface area contributed by atoms with Gasteiger partial charge < -0.3 is 4.90 Å². The fraction of sp³-hybridized carbons (Fsp3) is 0.321. The SMILES string of the molecule is Cc1ccc(S(=O)(=O)N(CC(=O)N2CCC(Cc3ccccc3)CC2)Cc2ccccc2F)cc1. The average Bonchev–Trinajstić information content (AvgIpc) is 2.86. The number of hydrogen-bond donors (Lipinski definition) is 0. The minimum Gasteiger partial charge on any atom is -0.342 e. The van der Waals surface area contributed by atoms with Crippen molar-refractivity contribution in [2.75, 3.05) is 19.6 Å². The van der Waals surface area contributed by atoms with E-state index in [2.05, 4.69) is 12.1 Å². The fourth-order valence-corrected chi connectivity index (χ4v) is 5.85. The van der Waals surface area contributed by atoms with Crippen LogP contribution in [0.25, 0.3) is 0 Å². The van der Waals surface area contributed by atoms with E-state index >= 15 is 0 Å². The molecule has 7 heteroatoms. The summed E-state index contributed by atoms with van der Waals surface area (Å²) >= 11 is 0. The van der Waals surface area contributed by atoms with Crippen molar-refractivity contribution in [2.24, 2.45) is 5.92 Å². The molecule has 1 aliphatic rings. The van der Waals surface area contributed by atoms with Crippen LogP contribution in [0.2, 0.25) is 0 Å². The van der Waals surface area contributed by atoms with Crippen LogP contribution in [0, 0.1) is 18.7 Å². The highest BCUT2D eigenvalue weighted by Gasteiger charge is 2.31. The molecule has 0 saturated carbocycles. The van der Waals surface area contributed by atoms with Crippen molar-refractivity contribution in [1.29, 1.82) is 0 Å². The van der Waals surface area contributed by atoms with Gasteiger partial charge in [0.15, 0.2) is 0 Å². The van der Waals surface area contributed by atoms with Crippen LogP contribution in [0.4, 0.5) is 4.39 Å². The first kappa shape index (κ1) is 25.1. The molecule has 1 saturated heterocycles. The van der Waals surface area contributed by atoms with Crippen LogP contribution in [0.15, 0.2) is 83.8 Å². The molecule has 35 heavy (non-hydrogen) atoms. The highest BCUT2D eigenvalue weighted by atomic mass is 32.2. The number of rotatable bonds is 8. The molecule has 0 spiro atoms. The largest absolute Gasteiger partial charge is 0.342 e. The zero-order valence-corrected chi connectivity index (χ0v) is 20.8. The van der Waals surface area contributed by atoms with Crippen LogP contribution in [-0.2, 0) is 27.8 Å². The maximum absolute atomic E-state index is 14.4. The Kier molecular flexibility index (Phi) is 7.98. The molecule has 1 aliphatic heterocycles. The summed E-state index contributed by atoms with van der Waals surface area (Å²) in [5.74, 6) is -0.256. The van der Waals surface area contributed by atoms with Gasteiger partial charge in [-0.3, -0.25) is 4.79 Å². The van der Waals surface area contributed by atoms with Crippen molar-refractivity contribution in [2.45, 2.75) is 37.6 Å². The summed E-state index contributed by atoms with van der Waals surface area (Å²) in [5, 5.41) is 0. The Balaban J connectivity index is 1.47. The highest BCUT2D eigenvalue weighted by Crippen LogP contribution is 2.24. The lowest BCUT2D eigenvalue weighted by Gasteiger charge is -2.33. The third-order valence-corrected chi connectivity index (χ3v) is 8.42. The van der Waals surface area contributed by atoms with Gasteiger partial charge >= 0.3 is 0 Å². The van der Waals surface area contributed by atoms with Gasteiger partial charge in [-0.2, -0.15) is 4.31 Å². The first-order valence-corrected chi connectivity index (χ1v) is 13.4. The van der Waals surface area contributed by atoms with E-state index in [9.17, 15) is 17.6 Å². The number of carbonyl (C=O) groups excluding carboxylic acids is 1. The molecule has 0 bridgehead atoms. The second-order valence-corrected chi connectivity index (χ2v) is 11.1. The lowest BCUT2D eigenvalue weighted by atomic mass is 9.90. The van der Waals surface area contributed by atoms with Gasteiger partial charge in [0.2, 0.25) is 15.9 Å². The van der Waals surface area contributed by atoms with Gasteiger partial charge in [0.05, 0.1) is 11.4 Å². The molecule has 0 aliphatic carbocycles. The Hall–Kier alpha value is -3.03. The quantitative estimate of drug-likeness (QED) is 0.452. The molecule has 0 unspecified atom stereocenters. The molecule has 184 valence electrons. The summed E-state index contributed by atoms with van der Waals surface area (Å²) in [6.45, 7) is 2.52. The van der Waals surface area contributed by atoms with Crippen LogP contribution in [0.3, 0.4) is 0 Å². The zero-order valence-electron chi connectivity index (χ0n) is 19.9. The maximum atomic E-state index is 14.4. The van der Waals surface area contributed by atoms with Crippen molar-refractivity contribution >= 4 is 15.9 Å². The second kappa shape index (κ2) is 11.1. The number of benzene rings is 3. The summed E-state index contributed by atoms with van der Waals surface area (Å²) in [5.41, 5.74) is 2.45. The number of hydrogen-bond acceptors (Lipinski definition) is 3. The lowest BCUT2D eigenvalue weighted by molar-refractivity contribution is -0.132. The van der Waals surface area contributed by atoms with Gasteiger partial charge in [-0.05, 0) is 55.9 Å². The molecule has 5 nitrogen and oxygen atoms in total. The average molecular weight is 495 g/mol. The lowest BCUT2D eigenvalue weighted by Crippen LogP contribution is -2.45. The number of amides is 1. The van der Waals surface area contributed by atoms with Crippen LogP contribution in [0.5, 0.6) is 0 Å². The van der Waals surface area contributed by atoms with Gasteiger partial charge in [-0.15, -0.1) is 0 Å².